The van der Waals surface area contributed by atoms with Gasteiger partial charge in [0.2, 0.25) is 11.8 Å². The van der Waals surface area contributed by atoms with Gasteiger partial charge in [0, 0.05) is 42.6 Å². The number of likely N-dealkylation sites (tertiary alicyclic amines) is 1. The molecule has 0 saturated carbocycles. The van der Waals surface area contributed by atoms with Crippen LogP contribution in [0.25, 0.3) is 0 Å². The van der Waals surface area contributed by atoms with Gasteiger partial charge in [-0.15, -0.1) is 0 Å². The van der Waals surface area contributed by atoms with Crippen molar-refractivity contribution < 1.29 is 24.2 Å². The zero-order chi connectivity index (χ0) is 28.8. The minimum Gasteiger partial charge on any atom is -0.396 e. The largest absolute Gasteiger partial charge is 0.396 e. The lowest BCUT2D eigenvalue weighted by atomic mass is 9.73. The Morgan fingerprint density at radius 3 is 2.20 bits per heavy atom. The van der Waals surface area contributed by atoms with E-state index in [0.29, 0.717) is 36.5 Å². The number of aliphatic hydroxyl groups is 1. The van der Waals surface area contributed by atoms with E-state index in [4.69, 9.17) is 16.3 Å². The number of ether oxygens (including phenoxy) is 1. The van der Waals surface area contributed by atoms with E-state index in [1.807, 2.05) is 61.6 Å². The Hall–Kier alpha value is -3.46. The SMILES string of the molecule is CC[C@]12C=CCN(c3ccccc3)C(=O)[C@H]1[C@H]1C(=O)N(CCCCO)C3C(=O)N(c4ccc(Cl)cc4)CC=C[C@@]31O2. The second-order valence-electron chi connectivity index (χ2n) is 11.1. The van der Waals surface area contributed by atoms with E-state index in [1.165, 1.54) is 0 Å². The van der Waals surface area contributed by atoms with Crippen LogP contribution in [0.3, 0.4) is 0 Å². The van der Waals surface area contributed by atoms with Crippen molar-refractivity contribution in [2.75, 3.05) is 36.0 Å². The Balaban J connectivity index is 1.47. The molecule has 1 N–H and O–H groups in total. The van der Waals surface area contributed by atoms with E-state index in [9.17, 15) is 19.5 Å². The normalized spacial score (nSPS) is 30.8. The predicted octanol–water partition coefficient (Wildman–Crippen LogP) is 3.98. The highest BCUT2D eigenvalue weighted by Crippen LogP contribution is 2.58. The van der Waals surface area contributed by atoms with Gasteiger partial charge >= 0.3 is 0 Å². The average molecular weight is 576 g/mol. The van der Waals surface area contributed by atoms with Crippen LogP contribution in [0, 0.1) is 11.8 Å². The number of aliphatic hydroxyl groups excluding tert-OH is 1. The molecule has 4 heterocycles. The summed E-state index contributed by atoms with van der Waals surface area (Å²) in [7, 11) is 0. The summed E-state index contributed by atoms with van der Waals surface area (Å²) in [6.07, 6.45) is 9.09. The first kappa shape index (κ1) is 27.7. The highest BCUT2D eigenvalue weighted by molar-refractivity contribution is 6.30. The molecule has 3 amide bonds. The maximum absolute atomic E-state index is 14.5. The fourth-order valence-corrected chi connectivity index (χ4v) is 7.21. The fourth-order valence-electron chi connectivity index (χ4n) is 7.09. The quantitative estimate of drug-likeness (QED) is 0.398. The van der Waals surface area contributed by atoms with Crippen LogP contribution in [0.5, 0.6) is 0 Å². The van der Waals surface area contributed by atoms with Gasteiger partial charge in [-0.3, -0.25) is 14.4 Å². The monoisotopic (exact) mass is 575 g/mol. The van der Waals surface area contributed by atoms with Gasteiger partial charge in [0.1, 0.15) is 11.6 Å². The van der Waals surface area contributed by atoms with E-state index in [1.54, 1.807) is 39.0 Å². The van der Waals surface area contributed by atoms with Gasteiger partial charge in [-0.05, 0) is 55.7 Å². The number of carbonyl (C=O) groups is 3. The number of anilines is 2. The molecule has 4 aliphatic heterocycles. The first-order valence-corrected chi connectivity index (χ1v) is 14.6. The Kier molecular flexibility index (Phi) is 7.26. The van der Waals surface area contributed by atoms with Crippen LogP contribution in [-0.2, 0) is 19.1 Å². The number of fused-ring (bicyclic) bond motifs is 2. The maximum atomic E-state index is 14.5. The molecule has 2 aromatic carbocycles. The molecule has 0 radical (unpaired) electrons. The fraction of sp³-hybridized carbons (Fsp3) is 0.406. The predicted molar refractivity (Wildman–Crippen MR) is 157 cm³/mol. The lowest BCUT2D eigenvalue weighted by Crippen LogP contribution is -2.56. The van der Waals surface area contributed by atoms with Crippen LogP contribution in [0.4, 0.5) is 11.4 Å². The van der Waals surface area contributed by atoms with Crippen molar-refractivity contribution in [1.82, 2.24) is 4.90 Å². The molecule has 5 atom stereocenters. The molecule has 0 bridgehead atoms. The van der Waals surface area contributed by atoms with Crippen LogP contribution in [0.2, 0.25) is 5.02 Å². The van der Waals surface area contributed by atoms with Crippen molar-refractivity contribution in [2.45, 2.75) is 43.4 Å². The van der Waals surface area contributed by atoms with Crippen molar-refractivity contribution in [1.29, 1.82) is 0 Å². The summed E-state index contributed by atoms with van der Waals surface area (Å²) in [6, 6.07) is 15.5. The summed E-state index contributed by atoms with van der Waals surface area (Å²) in [5.41, 5.74) is -0.958. The number of unbranched alkanes of at least 4 members (excludes halogenated alkanes) is 1. The number of carbonyl (C=O) groups excluding carboxylic acids is 3. The van der Waals surface area contributed by atoms with Gasteiger partial charge in [0.15, 0.2) is 0 Å². The van der Waals surface area contributed by atoms with Crippen LogP contribution in [0.15, 0.2) is 78.9 Å². The molecule has 8 nitrogen and oxygen atoms in total. The highest BCUT2D eigenvalue weighted by atomic mass is 35.5. The topological polar surface area (TPSA) is 90.4 Å². The Bertz CT molecular complexity index is 1400. The molecule has 2 saturated heterocycles. The van der Waals surface area contributed by atoms with Crippen LogP contribution in [-0.4, -0.2) is 71.2 Å². The molecule has 9 heteroatoms. The molecule has 41 heavy (non-hydrogen) atoms. The Labute approximate surface area is 244 Å². The number of hydrogen-bond donors (Lipinski definition) is 1. The molecule has 0 aliphatic carbocycles. The molecule has 0 aromatic heterocycles. The van der Waals surface area contributed by atoms with Crippen LogP contribution < -0.4 is 9.80 Å². The van der Waals surface area contributed by atoms with E-state index in [0.717, 1.165) is 5.69 Å². The van der Waals surface area contributed by atoms with E-state index >= 15 is 0 Å². The van der Waals surface area contributed by atoms with Crippen LogP contribution >= 0.6 is 11.6 Å². The first-order chi connectivity index (χ1) is 19.9. The number of para-hydroxylation sites is 1. The van der Waals surface area contributed by atoms with Gasteiger partial charge in [-0.2, -0.15) is 0 Å². The highest BCUT2D eigenvalue weighted by Gasteiger charge is 2.75. The summed E-state index contributed by atoms with van der Waals surface area (Å²) < 4.78 is 7.01. The molecule has 1 spiro atoms. The van der Waals surface area contributed by atoms with Gasteiger partial charge < -0.3 is 24.5 Å². The summed E-state index contributed by atoms with van der Waals surface area (Å²) >= 11 is 6.12. The van der Waals surface area contributed by atoms with Gasteiger partial charge in [-0.25, -0.2) is 0 Å². The smallest absolute Gasteiger partial charge is 0.253 e. The Morgan fingerprint density at radius 1 is 0.854 bits per heavy atom. The number of amides is 3. The molecule has 2 fully saturated rings. The first-order valence-electron chi connectivity index (χ1n) is 14.3. The third-order valence-electron chi connectivity index (χ3n) is 8.95. The molecular weight excluding hydrogens is 542 g/mol. The van der Waals surface area contributed by atoms with Crippen molar-refractivity contribution in [3.8, 4) is 0 Å². The summed E-state index contributed by atoms with van der Waals surface area (Å²) in [4.78, 5) is 48.4. The van der Waals surface area contributed by atoms with E-state index < -0.39 is 29.1 Å². The third kappa shape index (κ3) is 4.31. The van der Waals surface area contributed by atoms with Crippen LogP contribution in [0.1, 0.15) is 26.2 Å². The van der Waals surface area contributed by atoms with Crippen molar-refractivity contribution in [2.24, 2.45) is 11.8 Å². The number of nitrogens with zero attached hydrogens (tertiary/aromatic N) is 3. The zero-order valence-corrected chi connectivity index (χ0v) is 23.7. The Morgan fingerprint density at radius 2 is 1.51 bits per heavy atom. The molecule has 1 unspecified atom stereocenters. The third-order valence-corrected chi connectivity index (χ3v) is 9.20. The number of benzene rings is 2. The molecule has 2 aromatic rings. The minimum atomic E-state index is -1.32. The zero-order valence-electron chi connectivity index (χ0n) is 23.0. The number of halogens is 1. The number of hydrogen-bond acceptors (Lipinski definition) is 5. The van der Waals surface area contributed by atoms with E-state index in [2.05, 4.69) is 0 Å². The maximum Gasteiger partial charge on any atom is 0.253 e. The molecule has 6 rings (SSSR count). The lowest BCUT2D eigenvalue weighted by Gasteiger charge is -2.38. The van der Waals surface area contributed by atoms with Crippen molar-refractivity contribution in [3.63, 3.8) is 0 Å². The molecule has 4 aliphatic rings. The number of rotatable bonds is 7. The second kappa shape index (κ2) is 10.7. The van der Waals surface area contributed by atoms with Crippen molar-refractivity contribution >= 4 is 40.7 Å². The summed E-state index contributed by atoms with van der Waals surface area (Å²) in [5, 5.41) is 10.0. The van der Waals surface area contributed by atoms with Gasteiger partial charge in [0.25, 0.3) is 5.91 Å². The summed E-state index contributed by atoms with van der Waals surface area (Å²) in [5.74, 6) is -2.41. The molecule has 214 valence electrons. The second-order valence-corrected chi connectivity index (χ2v) is 11.5. The minimum absolute atomic E-state index is 0.0145. The van der Waals surface area contributed by atoms with E-state index in [-0.39, 0.29) is 37.4 Å². The molecular formula is C32H34ClN3O5. The average Bonchev–Trinajstić information content (AvgIpc) is 3.26. The summed E-state index contributed by atoms with van der Waals surface area (Å²) in [6.45, 7) is 2.87. The van der Waals surface area contributed by atoms with Gasteiger partial charge in [0.05, 0.1) is 17.4 Å². The van der Waals surface area contributed by atoms with Crippen molar-refractivity contribution in [3.05, 3.63) is 83.9 Å². The standard InChI is InChI=1S/C32H34ClN3O5/c1-2-31-16-8-19-34(23-10-4-3-5-11-23)28(38)25(31)26-29(39)36(18-6-7-21-37)27-30(40)35(20-9-17-32(26,27)41-31)24-14-12-22(33)13-15-24/h3-5,8-17,25-27,37H,2,6-7,18-21H2,1H3/t25-,26+,27?,31+,32+/m1/s1. The lowest BCUT2D eigenvalue weighted by molar-refractivity contribution is -0.145. The van der Waals surface area contributed by atoms with Gasteiger partial charge in [-0.1, -0.05) is 61.0 Å².